The maximum Gasteiger partial charge on any atom is 0.335 e. The van der Waals surface area contributed by atoms with Crippen LogP contribution < -0.4 is 4.90 Å². The molecule has 192 valence electrons. The van der Waals surface area contributed by atoms with Gasteiger partial charge in [0.1, 0.15) is 0 Å². The van der Waals surface area contributed by atoms with Crippen LogP contribution in [0, 0.1) is 0 Å². The molecule has 0 saturated carbocycles. The molecule has 3 aromatic carbocycles. The lowest BCUT2D eigenvalue weighted by atomic mass is 10.0. The van der Waals surface area contributed by atoms with Gasteiger partial charge in [0.15, 0.2) is 12.2 Å². The van der Waals surface area contributed by atoms with Gasteiger partial charge in [0.2, 0.25) is 0 Å². The van der Waals surface area contributed by atoms with Crippen molar-refractivity contribution < 1.29 is 30.0 Å². The number of nitrogens with zero attached hydrogens (tertiary/aromatic N) is 2. The molecule has 0 aromatic heterocycles. The Hall–Kier alpha value is -3.43. The summed E-state index contributed by atoms with van der Waals surface area (Å²) in [6, 6.07) is 29.7. The van der Waals surface area contributed by atoms with Gasteiger partial charge in [0, 0.05) is 23.8 Å². The van der Waals surface area contributed by atoms with Gasteiger partial charge >= 0.3 is 11.9 Å². The molecule has 0 amide bonds. The van der Waals surface area contributed by atoms with Crippen LogP contribution in [0.5, 0.6) is 0 Å². The van der Waals surface area contributed by atoms with E-state index in [1.807, 2.05) is 12.1 Å². The summed E-state index contributed by atoms with van der Waals surface area (Å²) < 4.78 is 0. The number of carbonyl (C=O) groups is 2. The van der Waals surface area contributed by atoms with E-state index in [0.29, 0.717) is 0 Å². The Morgan fingerprint density at radius 2 is 1.25 bits per heavy atom. The molecule has 0 spiro atoms. The molecule has 0 fully saturated rings. The monoisotopic (exact) mass is 514 g/mol. The lowest BCUT2D eigenvalue weighted by molar-refractivity contribution is -0.165. The van der Waals surface area contributed by atoms with E-state index in [1.165, 1.54) is 16.8 Å². The number of benzene rings is 3. The number of rotatable bonds is 10. The van der Waals surface area contributed by atoms with E-state index < -0.39 is 24.1 Å². The first-order valence-corrected chi connectivity index (χ1v) is 11.6. The normalized spacial score (nSPS) is 13.2. The smallest absolute Gasteiger partial charge is 0.335 e. The molecule has 3 aromatic rings. The fraction of sp³-hybridized carbons (Fsp3) is 0.259. The van der Waals surface area contributed by atoms with Crippen LogP contribution in [0.25, 0.3) is 0 Å². The van der Waals surface area contributed by atoms with Crippen LogP contribution in [0.4, 0.5) is 5.69 Å². The van der Waals surface area contributed by atoms with Gasteiger partial charge in [-0.3, -0.25) is 0 Å². The molecular weight excluding hydrogens is 484 g/mol. The minimum absolute atomic E-state index is 0.243. The van der Waals surface area contributed by atoms with Crippen LogP contribution in [0.15, 0.2) is 84.9 Å². The second-order valence-electron chi connectivity index (χ2n) is 8.34. The minimum atomic E-state index is -2.27. The molecule has 0 saturated heterocycles. The second-order valence-corrected chi connectivity index (χ2v) is 8.78. The van der Waals surface area contributed by atoms with Crippen molar-refractivity contribution in [2.75, 3.05) is 25.5 Å². The fourth-order valence-electron chi connectivity index (χ4n) is 3.47. The quantitative estimate of drug-likeness (QED) is 0.324. The first-order valence-electron chi connectivity index (χ1n) is 11.2. The van der Waals surface area contributed by atoms with Gasteiger partial charge in [0.25, 0.3) is 0 Å². The van der Waals surface area contributed by atoms with E-state index in [1.54, 1.807) is 0 Å². The molecule has 8 nitrogen and oxygen atoms in total. The Labute approximate surface area is 215 Å². The summed E-state index contributed by atoms with van der Waals surface area (Å²) in [5.41, 5.74) is 3.78. The number of halogens is 1. The van der Waals surface area contributed by atoms with Gasteiger partial charge in [-0.05, 0) is 49.5 Å². The molecule has 3 unspecified atom stereocenters. The van der Waals surface area contributed by atoms with Crippen LogP contribution in [0.3, 0.4) is 0 Å². The first-order chi connectivity index (χ1) is 17.1. The molecule has 3 rings (SSSR count). The summed E-state index contributed by atoms with van der Waals surface area (Å²) in [4.78, 5) is 24.2. The van der Waals surface area contributed by atoms with Crippen molar-refractivity contribution in [2.45, 2.75) is 24.8 Å². The van der Waals surface area contributed by atoms with Crippen molar-refractivity contribution in [3.8, 4) is 0 Å². The van der Waals surface area contributed by atoms with E-state index in [-0.39, 0.29) is 6.04 Å². The summed E-state index contributed by atoms with van der Waals surface area (Å²) in [7, 11) is 4.25. The maximum atomic E-state index is 9.77. The lowest BCUT2D eigenvalue weighted by Gasteiger charge is -2.36. The molecule has 0 aliphatic heterocycles. The molecular formula is C27H31ClN2O6. The number of aliphatic hydroxyl groups excluding tert-OH is 2. The van der Waals surface area contributed by atoms with E-state index in [9.17, 15) is 9.59 Å². The maximum absolute atomic E-state index is 9.77. The second kappa shape index (κ2) is 14.2. The van der Waals surface area contributed by atoms with Gasteiger partial charge in [0.05, 0.1) is 6.04 Å². The molecule has 3 atom stereocenters. The Morgan fingerprint density at radius 1 is 0.778 bits per heavy atom. The Kier molecular flexibility index (Phi) is 11.4. The first kappa shape index (κ1) is 28.8. The average molecular weight is 515 g/mol. The highest BCUT2D eigenvalue weighted by Crippen LogP contribution is 2.30. The van der Waals surface area contributed by atoms with Gasteiger partial charge in [-0.2, -0.15) is 0 Å². The van der Waals surface area contributed by atoms with Gasteiger partial charge in [-0.15, -0.1) is 0 Å². The zero-order valence-electron chi connectivity index (χ0n) is 20.1. The predicted octanol–water partition coefficient (Wildman–Crippen LogP) is 3.53. The summed E-state index contributed by atoms with van der Waals surface area (Å²) in [5.74, 6) is -3.54. The molecule has 0 aliphatic rings. The van der Waals surface area contributed by atoms with Crippen molar-refractivity contribution in [1.82, 2.24) is 4.90 Å². The van der Waals surface area contributed by atoms with Crippen molar-refractivity contribution in [3.05, 3.63) is 101 Å². The number of carboxylic acid groups (broad SMARTS) is 2. The highest BCUT2D eigenvalue weighted by molar-refractivity contribution is 6.30. The van der Waals surface area contributed by atoms with Crippen LogP contribution in [0.2, 0.25) is 5.02 Å². The van der Waals surface area contributed by atoms with Crippen LogP contribution in [0.1, 0.15) is 17.2 Å². The number of aliphatic carboxylic acids is 2. The standard InChI is InChI=1S/C23H25ClN2.C4H6O6/c1-25(2)18-23(20-11-7-4-8-12-20)26(17-19-9-5-3-6-10-19)22-15-13-21(24)14-16-22;5-1(3(7)8)2(6)4(9)10/h3-16,23H,17-18H2,1-2H3;1-2,5-6H,(H,7,8)(H,9,10). The molecule has 36 heavy (non-hydrogen) atoms. The zero-order valence-corrected chi connectivity index (χ0v) is 20.9. The molecule has 0 aliphatic carbocycles. The Bertz CT molecular complexity index is 1060. The lowest BCUT2D eigenvalue weighted by Crippen LogP contribution is -2.39. The number of hydrogen-bond donors (Lipinski definition) is 4. The minimum Gasteiger partial charge on any atom is -0.479 e. The highest BCUT2D eigenvalue weighted by atomic mass is 35.5. The van der Waals surface area contributed by atoms with E-state index >= 15 is 0 Å². The number of likely N-dealkylation sites (N-methyl/N-ethyl adjacent to an activating group) is 1. The third-order valence-electron chi connectivity index (χ3n) is 5.26. The predicted molar refractivity (Wildman–Crippen MR) is 139 cm³/mol. The Balaban J connectivity index is 0.000000388. The Morgan fingerprint density at radius 3 is 1.69 bits per heavy atom. The number of anilines is 1. The molecule has 0 heterocycles. The van der Waals surface area contributed by atoms with Gasteiger partial charge < -0.3 is 30.2 Å². The van der Waals surface area contributed by atoms with E-state index in [2.05, 4.69) is 96.7 Å². The number of hydrogen-bond acceptors (Lipinski definition) is 6. The average Bonchev–Trinajstić information content (AvgIpc) is 2.87. The summed E-state index contributed by atoms with van der Waals surface area (Å²) >= 11 is 6.13. The SMILES string of the molecule is CN(C)CC(c1ccccc1)N(Cc1ccccc1)c1ccc(Cl)cc1.O=C(O)C(O)C(O)C(=O)O. The van der Waals surface area contributed by atoms with Crippen molar-refractivity contribution in [2.24, 2.45) is 0 Å². The van der Waals surface area contributed by atoms with E-state index in [4.69, 9.17) is 32.0 Å². The highest BCUT2D eigenvalue weighted by Gasteiger charge is 2.29. The van der Waals surface area contributed by atoms with Crippen LogP contribution in [-0.4, -0.2) is 70.1 Å². The summed E-state index contributed by atoms with van der Waals surface area (Å²) in [6.07, 6.45) is -4.53. The van der Waals surface area contributed by atoms with Gasteiger partial charge in [-0.25, -0.2) is 9.59 Å². The molecule has 9 heteroatoms. The molecule has 4 N–H and O–H groups in total. The van der Waals surface area contributed by atoms with Gasteiger partial charge in [-0.1, -0.05) is 72.3 Å². The zero-order chi connectivity index (χ0) is 26.7. The van der Waals surface area contributed by atoms with Crippen molar-refractivity contribution >= 4 is 29.2 Å². The topological polar surface area (TPSA) is 122 Å². The largest absolute Gasteiger partial charge is 0.479 e. The number of carboxylic acids is 2. The third kappa shape index (κ3) is 8.98. The molecule has 0 radical (unpaired) electrons. The van der Waals surface area contributed by atoms with Crippen molar-refractivity contribution in [1.29, 1.82) is 0 Å². The summed E-state index contributed by atoms with van der Waals surface area (Å²) in [5, 5.41) is 33.3. The summed E-state index contributed by atoms with van der Waals surface area (Å²) in [6.45, 7) is 1.77. The third-order valence-corrected chi connectivity index (χ3v) is 5.51. The molecule has 0 bridgehead atoms. The number of aliphatic hydroxyl groups is 2. The van der Waals surface area contributed by atoms with Crippen molar-refractivity contribution in [3.63, 3.8) is 0 Å². The fourth-order valence-corrected chi connectivity index (χ4v) is 3.60. The van der Waals surface area contributed by atoms with E-state index in [0.717, 1.165) is 18.1 Å². The van der Waals surface area contributed by atoms with Crippen LogP contribution >= 0.6 is 11.6 Å². The van der Waals surface area contributed by atoms with Crippen LogP contribution in [-0.2, 0) is 16.1 Å².